The molecule has 0 spiro atoms. The van der Waals surface area contributed by atoms with Crippen LogP contribution in [0.2, 0.25) is 0 Å². The zero-order valence-electron chi connectivity index (χ0n) is 44.2. The predicted octanol–water partition coefficient (Wildman–Crippen LogP) is 6.37. The number of hydrogen-bond acceptors (Lipinski definition) is 10. The van der Waals surface area contributed by atoms with E-state index in [9.17, 15) is 38.7 Å². The molecule has 2 bridgehead atoms. The Morgan fingerprint density at radius 1 is 0.797 bits per heavy atom. The lowest BCUT2D eigenvalue weighted by atomic mass is 9.89. The van der Waals surface area contributed by atoms with Crippen molar-refractivity contribution in [2.75, 3.05) is 33.1 Å². The van der Waals surface area contributed by atoms with Gasteiger partial charge in [-0.25, -0.2) is 9.59 Å². The molecule has 3 aromatic rings. The second-order valence-electron chi connectivity index (χ2n) is 20.5. The monoisotopic (exact) mass is 1020 g/mol. The maximum absolute atomic E-state index is 14.5. The molecule has 7 amide bonds. The van der Waals surface area contributed by atoms with Crippen molar-refractivity contribution >= 4 is 47.4 Å². The summed E-state index contributed by atoms with van der Waals surface area (Å²) in [6.45, 7) is 10.1. The molecule has 2 aliphatic heterocycles. The van der Waals surface area contributed by atoms with Gasteiger partial charge in [-0.1, -0.05) is 114 Å². The van der Waals surface area contributed by atoms with E-state index < -0.39 is 78.2 Å². The van der Waals surface area contributed by atoms with Crippen LogP contribution in [0.4, 0.5) is 15.3 Å². The first-order valence-corrected chi connectivity index (χ1v) is 26.1. The summed E-state index contributed by atoms with van der Waals surface area (Å²) in [5, 5.41) is 21.6. The number of fused-ring (bicyclic) bond motifs is 2. The normalized spacial score (nSPS) is 20.9. The van der Waals surface area contributed by atoms with Crippen molar-refractivity contribution in [1.82, 2.24) is 30.7 Å². The van der Waals surface area contributed by atoms with Crippen LogP contribution in [-0.4, -0.2) is 138 Å². The van der Waals surface area contributed by atoms with E-state index in [2.05, 4.69) is 21.3 Å². The number of rotatable bonds is 24. The van der Waals surface area contributed by atoms with Gasteiger partial charge in [0.2, 0.25) is 29.5 Å². The summed E-state index contributed by atoms with van der Waals surface area (Å²) in [7, 11) is 4.68. The first-order valence-electron chi connectivity index (χ1n) is 26.1. The third-order valence-electron chi connectivity index (χ3n) is 15.4. The topological polar surface area (TPSA) is 225 Å². The van der Waals surface area contributed by atoms with Crippen LogP contribution < -0.4 is 21.3 Å². The van der Waals surface area contributed by atoms with E-state index in [-0.39, 0.29) is 61.6 Å². The van der Waals surface area contributed by atoms with E-state index >= 15 is 0 Å². The maximum atomic E-state index is 14.5. The highest BCUT2D eigenvalue weighted by molar-refractivity contribution is 5.98. The van der Waals surface area contributed by atoms with Crippen LogP contribution in [0.1, 0.15) is 96.3 Å². The first-order chi connectivity index (χ1) is 35.4. The Balaban J connectivity index is 1.09. The number of ether oxygens (including phenoxy) is 3. The molecule has 0 radical (unpaired) electrons. The number of carbonyl (C=O) groups is 7. The number of carboxylic acid groups (broad SMARTS) is 1. The average Bonchev–Trinajstić information content (AvgIpc) is 4.18. The zero-order valence-corrected chi connectivity index (χ0v) is 44.2. The van der Waals surface area contributed by atoms with E-state index in [0.29, 0.717) is 37.9 Å². The number of likely N-dealkylation sites (tertiary alicyclic amines) is 2. The second kappa shape index (κ2) is 26.6. The van der Waals surface area contributed by atoms with Crippen LogP contribution in [0.3, 0.4) is 0 Å². The standard InChI is InChI=1S/C56H77N7O11/c1-9-35(4)48(61(6)54(68)47(34(2)3)60-53(67)49-40-24-27-42(30-40)63(49)56(70)71)45(72-7)31-46(64)62-28-16-21-44(62)50(73-8)36(5)51(65)59-43(29-37-17-12-10-13-18-37)52(66)58-41-25-22-38(23-26-41)32-57-55(69)74-33-39-19-14-11-15-20-39/h10-15,17-20,22-23,25-26,34-36,40,42-45,47-50H,9,16,21,24,27-33H2,1-8H3,(H,57,69)(H,58,66)(H,59,65)(H,60,67)(H,70,71)/t35-,36+,40?,42?,43-,44-,45-,47-,48-,49?,50+/m0/s1. The van der Waals surface area contributed by atoms with Gasteiger partial charge >= 0.3 is 12.2 Å². The number of amides is 7. The van der Waals surface area contributed by atoms with Gasteiger partial charge in [-0.05, 0) is 78.7 Å². The molecule has 402 valence electrons. The highest BCUT2D eigenvalue weighted by Crippen LogP contribution is 2.42. The fourth-order valence-corrected chi connectivity index (χ4v) is 11.1. The smallest absolute Gasteiger partial charge is 0.408 e. The summed E-state index contributed by atoms with van der Waals surface area (Å²) in [5.41, 5.74) is 2.98. The predicted molar refractivity (Wildman–Crippen MR) is 278 cm³/mol. The number of nitrogens with one attached hydrogen (secondary N) is 4. The van der Waals surface area contributed by atoms with Gasteiger partial charge in [-0.15, -0.1) is 0 Å². The molecule has 3 aliphatic rings. The summed E-state index contributed by atoms with van der Waals surface area (Å²) in [6, 6.07) is 21.7. The first kappa shape index (κ1) is 56.8. The zero-order chi connectivity index (χ0) is 53.6. The minimum Gasteiger partial charge on any atom is -0.465 e. The second-order valence-corrected chi connectivity index (χ2v) is 20.5. The number of likely N-dealkylation sites (N-methyl/N-ethyl adjacent to an activating group) is 1. The third-order valence-corrected chi connectivity index (χ3v) is 15.4. The lowest BCUT2D eigenvalue weighted by Gasteiger charge is -2.41. The van der Waals surface area contributed by atoms with Crippen molar-refractivity contribution in [3.05, 3.63) is 102 Å². The van der Waals surface area contributed by atoms with Crippen LogP contribution in [-0.2, 0) is 57.8 Å². The molecule has 3 fully saturated rings. The molecule has 3 aromatic carbocycles. The van der Waals surface area contributed by atoms with Gasteiger partial charge in [0.1, 0.15) is 24.7 Å². The molecular formula is C56H77N7O11. The molecule has 18 heteroatoms. The molecule has 5 N–H and O–H groups in total. The van der Waals surface area contributed by atoms with Crippen LogP contribution in [0, 0.1) is 23.7 Å². The number of hydrogen-bond donors (Lipinski definition) is 5. The third kappa shape index (κ3) is 14.2. The molecule has 6 rings (SSSR count). The van der Waals surface area contributed by atoms with Gasteiger partial charge in [0.05, 0.1) is 36.6 Å². The fourth-order valence-electron chi connectivity index (χ4n) is 11.1. The maximum Gasteiger partial charge on any atom is 0.408 e. The highest BCUT2D eigenvalue weighted by Gasteiger charge is 2.52. The molecule has 2 heterocycles. The van der Waals surface area contributed by atoms with Gasteiger partial charge in [-0.2, -0.15) is 0 Å². The Kier molecular flexibility index (Phi) is 20.4. The largest absolute Gasteiger partial charge is 0.465 e. The van der Waals surface area contributed by atoms with Crippen molar-refractivity contribution in [3.8, 4) is 0 Å². The molecule has 1 saturated carbocycles. The Bertz CT molecular complexity index is 2370. The lowest BCUT2D eigenvalue weighted by Crippen LogP contribution is -2.60. The summed E-state index contributed by atoms with van der Waals surface area (Å²) >= 11 is 0. The number of nitrogens with zero attached hydrogens (tertiary/aromatic N) is 3. The minimum absolute atomic E-state index is 0.0772. The molecule has 1 aliphatic carbocycles. The number of methoxy groups -OCH3 is 2. The van der Waals surface area contributed by atoms with Gasteiger partial charge in [-0.3, -0.25) is 28.9 Å². The van der Waals surface area contributed by atoms with E-state index in [0.717, 1.165) is 29.5 Å². The molecule has 0 aromatic heterocycles. The quantitative estimate of drug-likeness (QED) is 0.0663. The van der Waals surface area contributed by atoms with Crippen LogP contribution in [0.5, 0.6) is 0 Å². The number of piperidine rings is 1. The number of anilines is 1. The SMILES string of the molecule is CC[C@H](C)[C@@H]([C@H](CC(=O)N1CCC[C@H]1[C@H](OC)[C@@H](C)C(=O)N[C@@H](Cc1ccccc1)C(=O)Nc1ccc(CNC(=O)OCc2ccccc2)cc1)OC)N(C)C(=O)[C@@H](NC(=O)C1C2CCC(C2)N1C(=O)O)C(C)C. The average molecular weight is 1020 g/mol. The number of carbonyl (C=O) groups excluding carboxylic acids is 6. The lowest BCUT2D eigenvalue weighted by molar-refractivity contribution is -0.148. The van der Waals surface area contributed by atoms with Gasteiger partial charge in [0.15, 0.2) is 0 Å². The molecular weight excluding hydrogens is 947 g/mol. The van der Waals surface area contributed by atoms with Crippen molar-refractivity contribution in [1.29, 1.82) is 0 Å². The molecule has 3 unspecified atom stereocenters. The number of alkyl carbamates (subject to hydrolysis) is 1. The minimum atomic E-state index is -1.14. The fraction of sp³-hybridized carbons (Fsp3) is 0.554. The van der Waals surface area contributed by atoms with E-state index in [4.69, 9.17) is 14.2 Å². The van der Waals surface area contributed by atoms with Crippen molar-refractivity contribution in [2.45, 2.75) is 148 Å². The Morgan fingerprint density at radius 3 is 2.07 bits per heavy atom. The summed E-state index contributed by atoms with van der Waals surface area (Å²) in [5.74, 6) is -3.29. The van der Waals surface area contributed by atoms with Gasteiger partial charge in [0, 0.05) is 52.5 Å². The van der Waals surface area contributed by atoms with E-state index in [1.807, 2.05) is 88.4 Å². The molecule has 74 heavy (non-hydrogen) atoms. The van der Waals surface area contributed by atoms with Crippen molar-refractivity contribution in [2.24, 2.45) is 23.7 Å². The van der Waals surface area contributed by atoms with Gasteiger partial charge < -0.3 is 50.4 Å². The molecule has 18 nitrogen and oxygen atoms in total. The Morgan fingerprint density at radius 2 is 1.46 bits per heavy atom. The van der Waals surface area contributed by atoms with Crippen LogP contribution >= 0.6 is 0 Å². The Labute approximate surface area is 435 Å². The highest BCUT2D eigenvalue weighted by atomic mass is 16.5. The van der Waals surface area contributed by atoms with Crippen LogP contribution in [0.15, 0.2) is 84.9 Å². The van der Waals surface area contributed by atoms with Crippen molar-refractivity contribution in [3.63, 3.8) is 0 Å². The van der Waals surface area contributed by atoms with Gasteiger partial charge in [0.25, 0.3) is 0 Å². The van der Waals surface area contributed by atoms with Crippen molar-refractivity contribution < 1.29 is 52.9 Å². The van der Waals surface area contributed by atoms with E-state index in [1.54, 1.807) is 48.0 Å². The summed E-state index contributed by atoms with van der Waals surface area (Å²) in [4.78, 5) is 100. The summed E-state index contributed by atoms with van der Waals surface area (Å²) in [6.07, 6.45) is 0.934. The van der Waals surface area contributed by atoms with E-state index in [1.165, 1.54) is 19.1 Å². The molecule has 2 saturated heterocycles. The molecule has 11 atom stereocenters. The Hall–Kier alpha value is -6.53. The number of benzene rings is 3. The van der Waals surface area contributed by atoms with Crippen LogP contribution in [0.25, 0.3) is 0 Å². The summed E-state index contributed by atoms with van der Waals surface area (Å²) < 4.78 is 17.4.